The third-order valence-electron chi connectivity index (χ3n) is 3.23. The van der Waals surface area contributed by atoms with Crippen LogP contribution in [0.15, 0.2) is 39.4 Å². The van der Waals surface area contributed by atoms with Gasteiger partial charge >= 0.3 is 0 Å². The highest BCUT2D eigenvalue weighted by atomic mass is 127. The van der Waals surface area contributed by atoms with Gasteiger partial charge in [-0.1, -0.05) is 6.92 Å². The molecule has 122 valence electrons. The van der Waals surface area contributed by atoms with Crippen LogP contribution in [-0.4, -0.2) is 43.0 Å². The highest BCUT2D eigenvalue weighted by molar-refractivity contribution is 14.0. The summed E-state index contributed by atoms with van der Waals surface area (Å²) < 4.78 is 5.32. The highest BCUT2D eigenvalue weighted by Crippen LogP contribution is 2.18. The molecule has 2 aromatic heterocycles. The lowest BCUT2D eigenvalue weighted by Crippen LogP contribution is -2.41. The van der Waals surface area contributed by atoms with E-state index in [1.807, 2.05) is 30.8 Å². The molecule has 7 heteroatoms. The van der Waals surface area contributed by atoms with E-state index in [0.29, 0.717) is 5.92 Å². The maximum Gasteiger partial charge on any atom is 0.193 e. The lowest BCUT2D eigenvalue weighted by Gasteiger charge is -2.24. The van der Waals surface area contributed by atoms with Crippen molar-refractivity contribution in [3.8, 4) is 0 Å². The second kappa shape index (κ2) is 9.83. The Morgan fingerprint density at radius 3 is 2.95 bits per heavy atom. The molecule has 2 aromatic rings. The zero-order valence-electron chi connectivity index (χ0n) is 13.2. The third kappa shape index (κ3) is 5.60. The van der Waals surface area contributed by atoms with Crippen LogP contribution in [0.3, 0.4) is 0 Å². The first-order chi connectivity index (χ1) is 10.2. The number of likely N-dealkylation sites (N-methyl/N-ethyl adjacent to an activating group) is 1. The van der Waals surface area contributed by atoms with Crippen LogP contribution in [0.1, 0.15) is 23.6 Å². The molecule has 0 saturated carbocycles. The minimum absolute atomic E-state index is 0. The van der Waals surface area contributed by atoms with Crippen LogP contribution in [-0.2, 0) is 6.42 Å². The zero-order valence-corrected chi connectivity index (χ0v) is 16.3. The van der Waals surface area contributed by atoms with Gasteiger partial charge in [0, 0.05) is 51.1 Å². The van der Waals surface area contributed by atoms with Crippen molar-refractivity contribution in [2.45, 2.75) is 19.3 Å². The lowest BCUT2D eigenvalue weighted by atomic mass is 10.2. The molecule has 0 spiro atoms. The summed E-state index contributed by atoms with van der Waals surface area (Å²) in [6.07, 6.45) is 4.40. The van der Waals surface area contributed by atoms with Crippen molar-refractivity contribution in [2.24, 2.45) is 4.99 Å². The number of rotatable bonds is 6. The van der Waals surface area contributed by atoms with Crippen molar-refractivity contribution in [1.29, 1.82) is 0 Å². The number of nitrogens with zero attached hydrogens (tertiary/aromatic N) is 3. The number of aromatic nitrogens is 1. The minimum atomic E-state index is 0. The molecular weight excluding hydrogens is 411 g/mol. The molecule has 0 amide bonds. The van der Waals surface area contributed by atoms with Gasteiger partial charge in [0.05, 0.1) is 11.3 Å². The molecule has 0 aliphatic heterocycles. The number of hydrogen-bond donors (Lipinski definition) is 1. The average Bonchev–Trinajstić information content (AvgIpc) is 3.16. The van der Waals surface area contributed by atoms with Gasteiger partial charge in [-0.25, -0.2) is 4.98 Å². The Hall–Kier alpha value is -1.09. The zero-order chi connectivity index (χ0) is 15.1. The van der Waals surface area contributed by atoms with Crippen LogP contribution >= 0.6 is 35.3 Å². The summed E-state index contributed by atoms with van der Waals surface area (Å²) in [5, 5.41) is 6.53. The van der Waals surface area contributed by atoms with E-state index in [0.717, 1.165) is 36.2 Å². The summed E-state index contributed by atoms with van der Waals surface area (Å²) in [5.41, 5.74) is 0. The fraction of sp³-hybridized carbons (Fsp3) is 0.467. The van der Waals surface area contributed by atoms with Gasteiger partial charge in [-0.2, -0.15) is 0 Å². The number of furan rings is 1. The SMILES string of the molecule is CN=C(NCCc1ccco1)N(C)CC(C)c1nccs1.I. The van der Waals surface area contributed by atoms with Gasteiger partial charge in [-0.15, -0.1) is 35.3 Å². The van der Waals surface area contributed by atoms with Crippen LogP contribution in [0.2, 0.25) is 0 Å². The average molecular weight is 434 g/mol. The molecule has 1 atom stereocenters. The van der Waals surface area contributed by atoms with Crippen molar-refractivity contribution in [2.75, 3.05) is 27.2 Å². The Morgan fingerprint density at radius 2 is 2.36 bits per heavy atom. The first-order valence-corrected chi connectivity index (χ1v) is 7.92. The second-order valence-electron chi connectivity index (χ2n) is 4.96. The van der Waals surface area contributed by atoms with Gasteiger partial charge in [0.15, 0.2) is 5.96 Å². The van der Waals surface area contributed by atoms with Crippen LogP contribution in [0.25, 0.3) is 0 Å². The first kappa shape index (κ1) is 19.0. The summed E-state index contributed by atoms with van der Waals surface area (Å²) in [7, 11) is 3.85. The number of aliphatic imine (C=N–C) groups is 1. The predicted molar refractivity (Wildman–Crippen MR) is 102 cm³/mol. The molecule has 0 aliphatic rings. The second-order valence-corrected chi connectivity index (χ2v) is 5.88. The summed E-state index contributed by atoms with van der Waals surface area (Å²) in [6, 6.07) is 3.89. The molecule has 0 aliphatic carbocycles. The smallest absolute Gasteiger partial charge is 0.193 e. The fourth-order valence-electron chi connectivity index (χ4n) is 2.19. The Bertz CT molecular complexity index is 542. The fourth-order valence-corrected chi connectivity index (χ4v) is 2.88. The summed E-state index contributed by atoms with van der Waals surface area (Å²) in [5.74, 6) is 2.26. The molecular formula is C15H23IN4OS. The number of halogens is 1. The summed E-state index contributed by atoms with van der Waals surface area (Å²) in [4.78, 5) is 10.8. The largest absolute Gasteiger partial charge is 0.469 e. The standard InChI is InChI=1S/C15H22N4OS.HI/c1-12(14-17-8-10-21-14)11-19(3)15(16-2)18-7-6-13-5-4-9-20-13;/h4-5,8-10,12H,6-7,11H2,1-3H3,(H,16,18);1H. The number of guanidine groups is 1. The van der Waals surface area contributed by atoms with Crippen LogP contribution in [0.5, 0.6) is 0 Å². The van der Waals surface area contributed by atoms with Gasteiger partial charge in [0.2, 0.25) is 0 Å². The Kier molecular flexibility index (Phi) is 8.47. The molecule has 2 rings (SSSR count). The maximum absolute atomic E-state index is 5.32. The van der Waals surface area contributed by atoms with E-state index in [-0.39, 0.29) is 24.0 Å². The topological polar surface area (TPSA) is 53.7 Å². The summed E-state index contributed by atoms with van der Waals surface area (Å²) >= 11 is 1.70. The normalized spacial score (nSPS) is 12.6. The number of nitrogens with one attached hydrogen (secondary N) is 1. The molecule has 22 heavy (non-hydrogen) atoms. The van der Waals surface area contributed by atoms with Gasteiger partial charge in [-0.05, 0) is 12.1 Å². The van der Waals surface area contributed by atoms with Gasteiger partial charge < -0.3 is 14.6 Å². The van der Waals surface area contributed by atoms with Crippen molar-refractivity contribution < 1.29 is 4.42 Å². The van der Waals surface area contributed by atoms with Crippen molar-refractivity contribution in [3.63, 3.8) is 0 Å². The lowest BCUT2D eigenvalue weighted by molar-refractivity contribution is 0.444. The predicted octanol–water partition coefficient (Wildman–Crippen LogP) is 3.21. The van der Waals surface area contributed by atoms with Crippen LogP contribution < -0.4 is 5.32 Å². The van der Waals surface area contributed by atoms with Crippen molar-refractivity contribution in [3.05, 3.63) is 40.7 Å². The highest BCUT2D eigenvalue weighted by Gasteiger charge is 2.13. The van der Waals surface area contributed by atoms with Gasteiger partial charge in [0.25, 0.3) is 0 Å². The molecule has 0 radical (unpaired) electrons. The Morgan fingerprint density at radius 1 is 1.55 bits per heavy atom. The van der Waals surface area contributed by atoms with Crippen LogP contribution in [0.4, 0.5) is 0 Å². The first-order valence-electron chi connectivity index (χ1n) is 7.04. The van der Waals surface area contributed by atoms with E-state index >= 15 is 0 Å². The van der Waals surface area contributed by atoms with Crippen molar-refractivity contribution in [1.82, 2.24) is 15.2 Å². The minimum Gasteiger partial charge on any atom is -0.469 e. The number of hydrogen-bond acceptors (Lipinski definition) is 4. The number of thiazole rings is 1. The molecule has 1 unspecified atom stereocenters. The van der Waals surface area contributed by atoms with E-state index in [1.54, 1.807) is 24.6 Å². The summed E-state index contributed by atoms with van der Waals surface area (Å²) in [6.45, 7) is 3.87. The molecule has 0 aromatic carbocycles. The van der Waals surface area contributed by atoms with E-state index in [1.165, 1.54) is 0 Å². The molecule has 5 nitrogen and oxygen atoms in total. The molecule has 0 bridgehead atoms. The molecule has 2 heterocycles. The quantitative estimate of drug-likeness (QED) is 0.431. The van der Waals surface area contributed by atoms with E-state index in [4.69, 9.17) is 4.42 Å². The van der Waals surface area contributed by atoms with E-state index in [2.05, 4.69) is 27.1 Å². The Labute approximate surface area is 152 Å². The van der Waals surface area contributed by atoms with E-state index < -0.39 is 0 Å². The van der Waals surface area contributed by atoms with E-state index in [9.17, 15) is 0 Å². The van der Waals surface area contributed by atoms with Crippen LogP contribution in [0, 0.1) is 0 Å². The van der Waals surface area contributed by atoms with Gasteiger partial charge in [0.1, 0.15) is 5.76 Å². The third-order valence-corrected chi connectivity index (χ3v) is 4.24. The Balaban J connectivity index is 0.00000242. The molecule has 0 saturated heterocycles. The van der Waals surface area contributed by atoms with Crippen molar-refractivity contribution >= 4 is 41.3 Å². The maximum atomic E-state index is 5.32. The molecule has 0 fully saturated rings. The molecule has 1 N–H and O–H groups in total. The van der Waals surface area contributed by atoms with Gasteiger partial charge in [-0.3, -0.25) is 4.99 Å². The monoisotopic (exact) mass is 434 g/mol.